The average Bonchev–Trinajstić information content (AvgIpc) is 2.64. The molecule has 0 aliphatic heterocycles. The number of benzene rings is 2. The van der Waals surface area contributed by atoms with Crippen molar-refractivity contribution in [3.63, 3.8) is 0 Å². The molecule has 0 bridgehead atoms. The Morgan fingerprint density at radius 2 is 1.54 bits per heavy atom. The highest BCUT2D eigenvalue weighted by molar-refractivity contribution is 7.88. The minimum absolute atomic E-state index is 0.0726. The molecule has 0 aliphatic carbocycles. The van der Waals surface area contributed by atoms with Gasteiger partial charge in [0.25, 0.3) is 0 Å². The zero-order valence-corrected chi connectivity index (χ0v) is 15.5. The molecule has 0 heterocycles. The summed E-state index contributed by atoms with van der Waals surface area (Å²) in [5.74, 6) is -0.570. The molecule has 0 unspecified atom stereocenters. The Kier molecular flexibility index (Phi) is 6.52. The topological polar surface area (TPSA) is 80.8 Å². The molecule has 7 heteroatoms. The first-order valence-corrected chi connectivity index (χ1v) is 9.90. The Balaban J connectivity index is 2.11. The van der Waals surface area contributed by atoms with Crippen LogP contribution in [0.4, 0.5) is 4.79 Å². The molecule has 6 nitrogen and oxygen atoms in total. The summed E-state index contributed by atoms with van der Waals surface area (Å²) < 4.78 is 28.3. The Bertz CT molecular complexity index is 850. The minimum atomic E-state index is -3.67. The molecule has 0 spiro atoms. The molecule has 138 valence electrons. The third-order valence-corrected chi connectivity index (χ3v) is 5.11. The van der Waals surface area contributed by atoms with Crippen LogP contribution < -0.4 is 0 Å². The molecule has 0 saturated carbocycles. The van der Waals surface area contributed by atoms with Gasteiger partial charge >= 0.3 is 6.09 Å². The number of carbonyl (C=O) groups excluding carboxylic acids is 2. The van der Waals surface area contributed by atoms with Crippen molar-refractivity contribution in [2.45, 2.75) is 12.3 Å². The lowest BCUT2D eigenvalue weighted by Crippen LogP contribution is -2.33. The SMILES string of the molecule is CN(C(=O)OCC[C@H](C(=O)c1ccccc1)c1ccccc1)S(C)(=O)=O. The molecule has 0 radical (unpaired) electrons. The van der Waals surface area contributed by atoms with Gasteiger partial charge < -0.3 is 4.74 Å². The van der Waals surface area contributed by atoms with Gasteiger partial charge in [-0.1, -0.05) is 60.7 Å². The number of sulfonamides is 1. The van der Waals surface area contributed by atoms with Crippen LogP contribution in [0.2, 0.25) is 0 Å². The fourth-order valence-electron chi connectivity index (χ4n) is 2.43. The zero-order chi connectivity index (χ0) is 19.2. The standard InChI is InChI=1S/C19H21NO5S/c1-20(26(2,23)24)19(22)25-14-13-17(15-9-5-3-6-10-15)18(21)16-11-7-4-8-12-16/h3-12,17H,13-14H2,1-2H3/t17-/m0/s1. The van der Waals surface area contributed by atoms with Crippen LogP contribution in [0.5, 0.6) is 0 Å². The van der Waals surface area contributed by atoms with Crippen molar-refractivity contribution in [2.24, 2.45) is 0 Å². The number of Topliss-reactive ketones (excluding diaryl/α,β-unsaturated/α-hetero) is 1. The third kappa shape index (κ3) is 5.16. The van der Waals surface area contributed by atoms with Gasteiger partial charge in [-0.15, -0.1) is 0 Å². The van der Waals surface area contributed by atoms with Crippen LogP contribution in [0.25, 0.3) is 0 Å². The van der Waals surface area contributed by atoms with E-state index in [4.69, 9.17) is 4.74 Å². The number of ether oxygens (including phenoxy) is 1. The van der Waals surface area contributed by atoms with Gasteiger partial charge in [-0.2, -0.15) is 0 Å². The second-order valence-corrected chi connectivity index (χ2v) is 7.84. The molecular formula is C19H21NO5S. The summed E-state index contributed by atoms with van der Waals surface area (Å²) in [5, 5.41) is 0. The predicted octanol–water partition coefficient (Wildman–Crippen LogP) is 3.07. The van der Waals surface area contributed by atoms with Crippen LogP contribution >= 0.6 is 0 Å². The second-order valence-electron chi connectivity index (χ2n) is 5.83. The van der Waals surface area contributed by atoms with Crippen molar-refractivity contribution in [1.82, 2.24) is 4.31 Å². The monoisotopic (exact) mass is 375 g/mol. The summed E-state index contributed by atoms with van der Waals surface area (Å²) in [5.41, 5.74) is 1.38. The molecule has 2 aromatic rings. The van der Waals surface area contributed by atoms with Gasteiger partial charge in [0.1, 0.15) is 0 Å². The van der Waals surface area contributed by atoms with Gasteiger partial charge in [0.05, 0.1) is 18.8 Å². The van der Waals surface area contributed by atoms with E-state index < -0.39 is 22.0 Å². The quantitative estimate of drug-likeness (QED) is 0.695. The van der Waals surface area contributed by atoms with E-state index in [0.29, 0.717) is 9.87 Å². The number of carbonyl (C=O) groups is 2. The number of nitrogens with zero attached hydrogens (tertiary/aromatic N) is 1. The molecule has 2 rings (SSSR count). The van der Waals surface area contributed by atoms with Gasteiger partial charge in [-0.3, -0.25) is 4.79 Å². The first-order valence-electron chi connectivity index (χ1n) is 8.05. The van der Waals surface area contributed by atoms with Crippen molar-refractivity contribution in [3.05, 3.63) is 71.8 Å². The fourth-order valence-corrected chi connectivity index (χ4v) is 2.75. The molecule has 2 aromatic carbocycles. The highest BCUT2D eigenvalue weighted by Crippen LogP contribution is 2.24. The van der Waals surface area contributed by atoms with Crippen molar-refractivity contribution in [1.29, 1.82) is 0 Å². The molecule has 26 heavy (non-hydrogen) atoms. The summed E-state index contributed by atoms with van der Waals surface area (Å²) in [6.07, 6.45) is 0.201. The van der Waals surface area contributed by atoms with E-state index in [-0.39, 0.29) is 18.8 Å². The Morgan fingerprint density at radius 1 is 1.00 bits per heavy atom. The second kappa shape index (κ2) is 8.62. The van der Waals surface area contributed by atoms with Crippen LogP contribution in [-0.2, 0) is 14.8 Å². The molecule has 1 atom stereocenters. The molecule has 0 N–H and O–H groups in total. The van der Waals surface area contributed by atoms with Crippen LogP contribution in [0.1, 0.15) is 28.3 Å². The maximum Gasteiger partial charge on any atom is 0.423 e. The van der Waals surface area contributed by atoms with E-state index in [0.717, 1.165) is 18.9 Å². The Morgan fingerprint density at radius 3 is 2.08 bits per heavy atom. The lowest BCUT2D eigenvalue weighted by atomic mass is 9.88. The van der Waals surface area contributed by atoms with Crippen LogP contribution in [-0.4, -0.2) is 44.5 Å². The zero-order valence-electron chi connectivity index (χ0n) is 14.7. The fraction of sp³-hybridized carbons (Fsp3) is 0.263. The van der Waals surface area contributed by atoms with Gasteiger partial charge in [0.2, 0.25) is 10.0 Å². The average molecular weight is 375 g/mol. The normalized spacial score (nSPS) is 12.2. The minimum Gasteiger partial charge on any atom is -0.449 e. The van der Waals surface area contributed by atoms with Crippen LogP contribution in [0.15, 0.2) is 60.7 Å². The highest BCUT2D eigenvalue weighted by atomic mass is 32.2. The number of hydrogen-bond acceptors (Lipinski definition) is 5. The van der Waals surface area contributed by atoms with Crippen molar-refractivity contribution < 1.29 is 22.7 Å². The van der Waals surface area contributed by atoms with E-state index in [1.165, 1.54) is 0 Å². The van der Waals surface area contributed by atoms with Crippen molar-refractivity contribution in [2.75, 3.05) is 19.9 Å². The maximum atomic E-state index is 12.9. The van der Waals surface area contributed by atoms with E-state index in [9.17, 15) is 18.0 Å². The summed E-state index contributed by atoms with van der Waals surface area (Å²) >= 11 is 0. The predicted molar refractivity (Wildman–Crippen MR) is 98.5 cm³/mol. The van der Waals surface area contributed by atoms with E-state index in [2.05, 4.69) is 0 Å². The van der Waals surface area contributed by atoms with Crippen molar-refractivity contribution in [3.8, 4) is 0 Å². The van der Waals surface area contributed by atoms with E-state index in [1.54, 1.807) is 24.3 Å². The third-order valence-electron chi connectivity index (χ3n) is 3.96. The lowest BCUT2D eigenvalue weighted by Gasteiger charge is -2.18. The molecule has 0 aliphatic rings. The van der Waals surface area contributed by atoms with Gasteiger partial charge in [0, 0.05) is 12.6 Å². The summed E-state index contributed by atoms with van der Waals surface area (Å²) in [4.78, 5) is 24.7. The molecule has 0 aromatic heterocycles. The molecule has 1 amide bonds. The number of ketones is 1. The Labute approximate surface area is 153 Å². The number of amides is 1. The summed E-state index contributed by atoms with van der Waals surface area (Å²) in [6, 6.07) is 18.1. The van der Waals surface area contributed by atoms with Gasteiger partial charge in [-0.25, -0.2) is 17.5 Å². The number of rotatable bonds is 7. The lowest BCUT2D eigenvalue weighted by molar-refractivity contribution is 0.0919. The molecule has 0 fully saturated rings. The number of hydrogen-bond donors (Lipinski definition) is 0. The van der Waals surface area contributed by atoms with E-state index >= 15 is 0 Å². The smallest absolute Gasteiger partial charge is 0.423 e. The summed E-state index contributed by atoms with van der Waals surface area (Å²) in [6.45, 7) is -0.0726. The van der Waals surface area contributed by atoms with E-state index in [1.807, 2.05) is 36.4 Å². The summed E-state index contributed by atoms with van der Waals surface area (Å²) in [7, 11) is -2.55. The maximum absolute atomic E-state index is 12.9. The first kappa shape index (κ1) is 19.7. The van der Waals surface area contributed by atoms with Gasteiger partial charge in [0.15, 0.2) is 5.78 Å². The van der Waals surface area contributed by atoms with Crippen molar-refractivity contribution >= 4 is 21.9 Å². The first-order chi connectivity index (χ1) is 12.3. The highest BCUT2D eigenvalue weighted by Gasteiger charge is 2.24. The molecule has 0 saturated heterocycles. The Hall–Kier alpha value is -2.67. The van der Waals surface area contributed by atoms with Crippen LogP contribution in [0.3, 0.4) is 0 Å². The largest absolute Gasteiger partial charge is 0.449 e. The van der Waals surface area contributed by atoms with Gasteiger partial charge in [-0.05, 0) is 12.0 Å². The molecular weight excluding hydrogens is 354 g/mol. The van der Waals surface area contributed by atoms with Crippen LogP contribution in [0, 0.1) is 0 Å².